The summed E-state index contributed by atoms with van der Waals surface area (Å²) < 4.78 is 40.2. The van der Waals surface area contributed by atoms with Gasteiger partial charge in [-0.05, 0) is 31.2 Å². The Bertz CT molecular complexity index is 573. The third kappa shape index (κ3) is 2.74. The summed E-state index contributed by atoms with van der Waals surface area (Å²) >= 11 is 5.71. The van der Waals surface area contributed by atoms with Gasteiger partial charge in [-0.2, -0.15) is 18.3 Å². The van der Waals surface area contributed by atoms with Gasteiger partial charge in [-0.1, -0.05) is 11.6 Å². The van der Waals surface area contributed by atoms with Crippen molar-refractivity contribution in [3.8, 4) is 5.69 Å². The van der Waals surface area contributed by atoms with E-state index in [-0.39, 0.29) is 11.3 Å². The molecule has 0 radical (unpaired) electrons. The second-order valence-electron chi connectivity index (χ2n) is 4.12. The van der Waals surface area contributed by atoms with Crippen molar-refractivity contribution in [2.24, 2.45) is 5.73 Å². The highest BCUT2D eigenvalue weighted by atomic mass is 35.5. The van der Waals surface area contributed by atoms with Crippen LogP contribution in [0, 0.1) is 0 Å². The lowest BCUT2D eigenvalue weighted by molar-refractivity contribution is -0.143. The maximum absolute atomic E-state index is 13.1. The van der Waals surface area contributed by atoms with Crippen LogP contribution in [0.4, 0.5) is 13.2 Å². The summed E-state index contributed by atoms with van der Waals surface area (Å²) in [6.07, 6.45) is -3.39. The van der Waals surface area contributed by atoms with Crippen molar-refractivity contribution in [2.75, 3.05) is 0 Å². The first-order valence-corrected chi connectivity index (χ1v) is 5.85. The highest BCUT2D eigenvalue weighted by Gasteiger charge is 2.39. The molecule has 1 aromatic heterocycles. The summed E-state index contributed by atoms with van der Waals surface area (Å²) in [6, 6.07) is 5.19. The van der Waals surface area contributed by atoms with Crippen molar-refractivity contribution in [3.63, 3.8) is 0 Å². The molecule has 102 valence electrons. The van der Waals surface area contributed by atoms with Crippen LogP contribution < -0.4 is 5.73 Å². The van der Waals surface area contributed by atoms with Crippen molar-refractivity contribution >= 4 is 11.6 Å². The van der Waals surface area contributed by atoms with Crippen LogP contribution in [0.2, 0.25) is 5.02 Å². The molecule has 0 amide bonds. The van der Waals surface area contributed by atoms with E-state index in [4.69, 9.17) is 17.3 Å². The minimum absolute atomic E-state index is 0.0394. The monoisotopic (exact) mass is 289 g/mol. The van der Waals surface area contributed by atoms with Crippen molar-refractivity contribution in [2.45, 2.75) is 19.1 Å². The van der Waals surface area contributed by atoms with Crippen molar-refractivity contribution in [1.82, 2.24) is 9.78 Å². The van der Waals surface area contributed by atoms with E-state index >= 15 is 0 Å². The Kier molecular flexibility index (Phi) is 3.56. The fourth-order valence-electron chi connectivity index (χ4n) is 1.76. The van der Waals surface area contributed by atoms with Crippen LogP contribution in [0.1, 0.15) is 24.2 Å². The van der Waals surface area contributed by atoms with Gasteiger partial charge in [0.2, 0.25) is 0 Å². The molecule has 1 atom stereocenters. The van der Waals surface area contributed by atoms with E-state index in [1.165, 1.54) is 31.2 Å². The Morgan fingerprint density at radius 1 is 1.26 bits per heavy atom. The zero-order valence-electron chi connectivity index (χ0n) is 9.95. The molecule has 1 aromatic carbocycles. The van der Waals surface area contributed by atoms with Gasteiger partial charge in [0.1, 0.15) is 0 Å². The van der Waals surface area contributed by atoms with Gasteiger partial charge in [-0.25, -0.2) is 4.68 Å². The van der Waals surface area contributed by atoms with Gasteiger partial charge in [-0.15, -0.1) is 0 Å². The highest BCUT2D eigenvalue weighted by Crippen LogP contribution is 2.35. The van der Waals surface area contributed by atoms with Crippen molar-refractivity contribution in [1.29, 1.82) is 0 Å². The predicted octanol–water partition coefficient (Wildman–Crippen LogP) is 3.56. The minimum Gasteiger partial charge on any atom is -0.324 e. The number of benzene rings is 1. The maximum Gasteiger partial charge on any atom is 0.433 e. The fraction of sp³-hybridized carbons (Fsp3) is 0.250. The number of rotatable bonds is 2. The minimum atomic E-state index is -4.53. The highest BCUT2D eigenvalue weighted by molar-refractivity contribution is 6.30. The molecule has 0 aliphatic carbocycles. The second kappa shape index (κ2) is 4.86. The Morgan fingerprint density at radius 2 is 1.84 bits per heavy atom. The fourth-order valence-corrected chi connectivity index (χ4v) is 1.88. The lowest BCUT2D eigenvalue weighted by Crippen LogP contribution is -2.18. The standard InChI is InChI=1S/C12H11ClF3N3/c1-7(17)10-6-18-19(11(10)12(14,15)16)9-4-2-8(13)3-5-9/h2-7H,17H2,1H3. The molecule has 2 N–H and O–H groups in total. The molecule has 0 saturated heterocycles. The van der Waals surface area contributed by atoms with Crippen LogP contribution in [0.15, 0.2) is 30.5 Å². The van der Waals surface area contributed by atoms with E-state index in [0.717, 1.165) is 10.9 Å². The molecule has 0 spiro atoms. The number of halogens is 4. The van der Waals surface area contributed by atoms with E-state index < -0.39 is 17.9 Å². The number of nitrogens with two attached hydrogens (primary N) is 1. The van der Waals surface area contributed by atoms with E-state index in [1.807, 2.05) is 0 Å². The Balaban J connectivity index is 2.61. The lowest BCUT2D eigenvalue weighted by Gasteiger charge is -2.14. The molecular formula is C12H11ClF3N3. The Labute approximate surface area is 112 Å². The van der Waals surface area contributed by atoms with E-state index in [1.54, 1.807) is 0 Å². The van der Waals surface area contributed by atoms with Crippen LogP contribution in [0.5, 0.6) is 0 Å². The summed E-state index contributed by atoms with van der Waals surface area (Å²) in [4.78, 5) is 0. The smallest absolute Gasteiger partial charge is 0.324 e. The molecule has 2 rings (SSSR count). The molecule has 0 saturated carbocycles. The number of alkyl halides is 3. The molecule has 1 heterocycles. The summed E-state index contributed by atoms with van der Waals surface area (Å²) in [5, 5.41) is 4.22. The SMILES string of the molecule is CC(N)c1cnn(-c2ccc(Cl)cc2)c1C(F)(F)F. The van der Waals surface area contributed by atoms with Crippen LogP contribution in [-0.4, -0.2) is 9.78 Å². The van der Waals surface area contributed by atoms with Gasteiger partial charge in [0.05, 0.1) is 11.9 Å². The van der Waals surface area contributed by atoms with Gasteiger partial charge in [0.25, 0.3) is 0 Å². The van der Waals surface area contributed by atoms with Crippen LogP contribution >= 0.6 is 11.6 Å². The van der Waals surface area contributed by atoms with E-state index in [0.29, 0.717) is 5.02 Å². The number of aromatic nitrogens is 2. The van der Waals surface area contributed by atoms with Gasteiger partial charge in [0, 0.05) is 16.6 Å². The topological polar surface area (TPSA) is 43.8 Å². The Hall–Kier alpha value is -1.53. The summed E-state index contributed by atoms with van der Waals surface area (Å²) in [5.41, 5.74) is 4.94. The molecule has 7 heteroatoms. The average Bonchev–Trinajstić information content (AvgIpc) is 2.74. The molecule has 3 nitrogen and oxygen atoms in total. The third-order valence-corrected chi connectivity index (χ3v) is 2.88. The summed E-state index contributed by atoms with van der Waals surface area (Å²) in [5.74, 6) is 0. The molecule has 0 aliphatic rings. The van der Waals surface area contributed by atoms with Crippen molar-refractivity contribution in [3.05, 3.63) is 46.7 Å². The average molecular weight is 290 g/mol. The maximum atomic E-state index is 13.1. The van der Waals surface area contributed by atoms with Crippen LogP contribution in [0.3, 0.4) is 0 Å². The first-order valence-electron chi connectivity index (χ1n) is 5.47. The van der Waals surface area contributed by atoms with Crippen LogP contribution in [0.25, 0.3) is 5.69 Å². The summed E-state index contributed by atoms with van der Waals surface area (Å²) in [7, 11) is 0. The predicted molar refractivity (Wildman–Crippen MR) is 66.2 cm³/mol. The largest absolute Gasteiger partial charge is 0.433 e. The van der Waals surface area contributed by atoms with Gasteiger partial charge in [0.15, 0.2) is 5.69 Å². The number of hydrogen-bond acceptors (Lipinski definition) is 2. The quantitative estimate of drug-likeness (QED) is 0.918. The molecular weight excluding hydrogens is 279 g/mol. The summed E-state index contributed by atoms with van der Waals surface area (Å²) in [6.45, 7) is 1.48. The second-order valence-corrected chi connectivity index (χ2v) is 4.56. The lowest BCUT2D eigenvalue weighted by atomic mass is 10.1. The number of nitrogens with zero attached hydrogens (tertiary/aromatic N) is 2. The van der Waals surface area contributed by atoms with Gasteiger partial charge < -0.3 is 5.73 Å². The Morgan fingerprint density at radius 3 is 2.32 bits per heavy atom. The van der Waals surface area contributed by atoms with Crippen molar-refractivity contribution < 1.29 is 13.2 Å². The first-order chi connectivity index (χ1) is 8.80. The molecule has 0 fully saturated rings. The van der Waals surface area contributed by atoms with E-state index in [9.17, 15) is 13.2 Å². The van der Waals surface area contributed by atoms with Gasteiger partial charge in [-0.3, -0.25) is 0 Å². The number of hydrogen-bond donors (Lipinski definition) is 1. The molecule has 0 bridgehead atoms. The molecule has 2 aromatic rings. The third-order valence-electron chi connectivity index (χ3n) is 2.63. The molecule has 1 unspecified atom stereocenters. The molecule has 19 heavy (non-hydrogen) atoms. The van der Waals surface area contributed by atoms with E-state index in [2.05, 4.69) is 5.10 Å². The molecule has 0 aliphatic heterocycles. The normalized spacial score (nSPS) is 13.6. The zero-order valence-corrected chi connectivity index (χ0v) is 10.7. The van der Waals surface area contributed by atoms with Crippen LogP contribution in [-0.2, 0) is 6.18 Å². The zero-order chi connectivity index (χ0) is 14.2. The van der Waals surface area contributed by atoms with Gasteiger partial charge >= 0.3 is 6.18 Å². The first kappa shape index (κ1) is 13.9.